The molecule has 258 valence electrons. The highest BCUT2D eigenvalue weighted by Crippen LogP contribution is 2.39. The van der Waals surface area contributed by atoms with E-state index in [1.807, 2.05) is 20.8 Å². The van der Waals surface area contributed by atoms with E-state index in [-0.39, 0.29) is 18.1 Å². The van der Waals surface area contributed by atoms with Crippen LogP contribution in [0.5, 0.6) is 5.75 Å². The van der Waals surface area contributed by atoms with Crippen LogP contribution in [-0.2, 0) is 30.7 Å². The Hall–Kier alpha value is -2.71. The quantitative estimate of drug-likeness (QED) is 0.157. The molecule has 1 aromatic heterocycles. The van der Waals surface area contributed by atoms with Gasteiger partial charge in [-0.05, 0) is 95.9 Å². The van der Waals surface area contributed by atoms with Crippen LogP contribution in [0.1, 0.15) is 97.3 Å². The van der Waals surface area contributed by atoms with Crippen LogP contribution < -0.4 is 4.74 Å². The molecule has 0 unspecified atom stereocenters. The average Bonchev–Trinajstić information content (AvgIpc) is 3.46. The predicted molar refractivity (Wildman–Crippen MR) is 164 cm³/mol. The van der Waals surface area contributed by atoms with Crippen LogP contribution in [0.2, 0.25) is 0 Å². The van der Waals surface area contributed by atoms with E-state index < -0.39 is 26.7 Å². The van der Waals surface area contributed by atoms with E-state index in [2.05, 4.69) is 14.9 Å². The molecule has 0 saturated carbocycles. The van der Waals surface area contributed by atoms with Crippen molar-refractivity contribution in [3.63, 3.8) is 0 Å². The Morgan fingerprint density at radius 2 is 1.70 bits per heavy atom. The Bertz CT molecular complexity index is 1360. The molecule has 2 fully saturated rings. The summed E-state index contributed by atoms with van der Waals surface area (Å²) in [5.41, 5.74) is -0.0128. The van der Waals surface area contributed by atoms with Gasteiger partial charge in [-0.3, -0.25) is 4.79 Å². The lowest BCUT2D eigenvalue weighted by atomic mass is 9.92. The first-order chi connectivity index (χ1) is 21.7. The lowest BCUT2D eigenvalue weighted by Crippen LogP contribution is -2.53. The lowest BCUT2D eigenvalue weighted by molar-refractivity contribution is -0.274. The van der Waals surface area contributed by atoms with Gasteiger partial charge in [0.05, 0.1) is 4.75 Å². The van der Waals surface area contributed by atoms with Crippen LogP contribution in [0.25, 0.3) is 11.4 Å². The van der Waals surface area contributed by atoms with E-state index in [0.29, 0.717) is 88.0 Å². The van der Waals surface area contributed by atoms with Crippen molar-refractivity contribution < 1.29 is 45.1 Å². The van der Waals surface area contributed by atoms with Crippen molar-refractivity contribution in [3.05, 3.63) is 30.2 Å². The van der Waals surface area contributed by atoms with E-state index in [1.54, 1.807) is 4.31 Å². The number of aromatic nitrogens is 2. The first-order valence-electron chi connectivity index (χ1n) is 16.1. The van der Waals surface area contributed by atoms with Gasteiger partial charge in [-0.15, -0.1) is 13.2 Å². The molecule has 2 saturated heterocycles. The number of hydrogen-bond acceptors (Lipinski definition) is 9. The van der Waals surface area contributed by atoms with Crippen molar-refractivity contribution in [1.29, 1.82) is 0 Å². The monoisotopic (exact) mass is 673 g/mol. The van der Waals surface area contributed by atoms with Crippen LogP contribution in [0.3, 0.4) is 0 Å². The number of hydrogen-bond donors (Lipinski definition) is 0. The number of aryl methyl sites for hydroxylation is 1. The maximum absolute atomic E-state index is 14.0. The molecule has 2 aliphatic heterocycles. The van der Waals surface area contributed by atoms with E-state index in [1.165, 1.54) is 24.3 Å². The summed E-state index contributed by atoms with van der Waals surface area (Å²) >= 11 is 0. The third-order valence-electron chi connectivity index (χ3n) is 8.62. The lowest BCUT2D eigenvalue weighted by Gasteiger charge is -2.42. The first-order valence-corrected chi connectivity index (χ1v) is 17.6. The molecule has 2 aromatic rings. The summed E-state index contributed by atoms with van der Waals surface area (Å²) in [7, 11) is -3.54. The molecule has 0 atom stereocenters. The zero-order valence-electron chi connectivity index (χ0n) is 26.9. The fraction of sp³-hybridized carbons (Fsp3) is 0.719. The van der Waals surface area contributed by atoms with Crippen molar-refractivity contribution in [1.82, 2.24) is 14.4 Å². The summed E-state index contributed by atoms with van der Waals surface area (Å²) in [6.45, 7) is 7.36. The smallest absolute Gasteiger partial charge is 0.460 e. The highest BCUT2D eigenvalue weighted by atomic mass is 32.2. The van der Waals surface area contributed by atoms with E-state index in [4.69, 9.17) is 14.0 Å². The van der Waals surface area contributed by atoms with Gasteiger partial charge in [-0.2, -0.15) is 4.98 Å². The van der Waals surface area contributed by atoms with Crippen molar-refractivity contribution in [2.45, 2.75) is 115 Å². The number of benzene rings is 1. The highest BCUT2D eigenvalue weighted by Gasteiger charge is 2.48. The summed E-state index contributed by atoms with van der Waals surface area (Å²) in [5, 5.41) is 3.94. The van der Waals surface area contributed by atoms with Gasteiger partial charge in [0, 0.05) is 44.7 Å². The molecule has 4 rings (SSSR count). The SMILES string of the molecule is CC(C)(C)OC(=O)CCCCC1(S(=O)(=O)N2CCC(CCCCc3nc(-c4ccc(OC(F)(F)F)cc4)no3)CC2)CCOCC1. The predicted octanol–water partition coefficient (Wildman–Crippen LogP) is 6.84. The molecule has 1 aromatic carbocycles. The minimum absolute atomic E-state index is 0.257. The minimum Gasteiger partial charge on any atom is -0.460 e. The third kappa shape index (κ3) is 10.4. The van der Waals surface area contributed by atoms with Crippen LogP contribution in [0.15, 0.2) is 28.8 Å². The Morgan fingerprint density at radius 3 is 2.33 bits per heavy atom. The van der Waals surface area contributed by atoms with Crippen LogP contribution in [0, 0.1) is 5.92 Å². The van der Waals surface area contributed by atoms with Gasteiger partial charge in [0.1, 0.15) is 11.4 Å². The Labute approximate surface area is 269 Å². The number of ether oxygens (including phenoxy) is 3. The zero-order valence-corrected chi connectivity index (χ0v) is 27.8. The van der Waals surface area contributed by atoms with Gasteiger partial charge in [0.15, 0.2) is 0 Å². The number of sulfonamides is 1. The number of rotatable bonds is 14. The molecule has 2 aliphatic rings. The number of esters is 1. The van der Waals surface area contributed by atoms with Crippen molar-refractivity contribution in [2.24, 2.45) is 5.92 Å². The summed E-state index contributed by atoms with van der Waals surface area (Å²) in [4.78, 5) is 16.5. The van der Waals surface area contributed by atoms with Crippen LogP contribution in [-0.4, -0.2) is 71.8 Å². The molecule has 0 radical (unpaired) electrons. The molecule has 14 heteroatoms. The van der Waals surface area contributed by atoms with E-state index in [0.717, 1.165) is 32.1 Å². The number of piperidine rings is 1. The number of halogens is 3. The first kappa shape index (κ1) is 36.1. The maximum Gasteiger partial charge on any atom is 0.573 e. The summed E-state index contributed by atoms with van der Waals surface area (Å²) in [6, 6.07) is 5.29. The second kappa shape index (κ2) is 15.5. The topological polar surface area (TPSA) is 121 Å². The van der Waals surface area contributed by atoms with Gasteiger partial charge in [-0.25, -0.2) is 12.7 Å². The van der Waals surface area contributed by atoms with Gasteiger partial charge in [0.25, 0.3) is 0 Å². The second-order valence-electron chi connectivity index (χ2n) is 13.3. The van der Waals surface area contributed by atoms with E-state index >= 15 is 0 Å². The van der Waals surface area contributed by atoms with Gasteiger partial charge >= 0.3 is 12.3 Å². The summed E-state index contributed by atoms with van der Waals surface area (Å²) in [5.74, 6) is 0.611. The molecule has 46 heavy (non-hydrogen) atoms. The number of nitrogens with zero attached hydrogens (tertiary/aromatic N) is 3. The van der Waals surface area contributed by atoms with Crippen molar-refractivity contribution in [2.75, 3.05) is 26.3 Å². The normalized spacial score (nSPS) is 18.4. The molecule has 0 aliphatic carbocycles. The molecular formula is C32H46F3N3O7S. The standard InChI is InChI=1S/C32H46F3N3O7S/c1-30(2,3)44-28(39)10-6-7-17-31(18-22-42-23-19-31)46(40,41)38-20-15-24(16-21-38)8-4-5-9-27-36-29(37-45-27)25-11-13-26(14-12-25)43-32(33,34)35/h11-14,24H,4-10,15-23H2,1-3H3. The Balaban J connectivity index is 1.19. The maximum atomic E-state index is 14.0. The molecule has 0 bridgehead atoms. The van der Waals surface area contributed by atoms with Gasteiger partial charge < -0.3 is 18.7 Å². The number of unbranched alkanes of at least 4 members (excludes halogenated alkanes) is 2. The highest BCUT2D eigenvalue weighted by molar-refractivity contribution is 7.90. The summed E-state index contributed by atoms with van der Waals surface area (Å²) in [6.07, 6.45) is 3.12. The third-order valence-corrected chi connectivity index (χ3v) is 11.4. The van der Waals surface area contributed by atoms with E-state index in [9.17, 15) is 26.4 Å². The largest absolute Gasteiger partial charge is 0.573 e. The fourth-order valence-electron chi connectivity index (χ4n) is 6.19. The number of carbonyl (C=O) groups is 1. The van der Waals surface area contributed by atoms with Crippen molar-refractivity contribution >= 4 is 16.0 Å². The minimum atomic E-state index is -4.75. The molecule has 3 heterocycles. The van der Waals surface area contributed by atoms with Crippen LogP contribution in [0.4, 0.5) is 13.2 Å². The van der Waals surface area contributed by atoms with Gasteiger partial charge in [-0.1, -0.05) is 24.4 Å². The molecule has 0 N–H and O–H groups in total. The Kier molecular flexibility index (Phi) is 12.1. The number of carbonyl (C=O) groups excluding carboxylic acids is 1. The summed E-state index contributed by atoms with van der Waals surface area (Å²) < 4.78 is 86.1. The Morgan fingerprint density at radius 1 is 1.02 bits per heavy atom. The van der Waals surface area contributed by atoms with Gasteiger partial charge in [0.2, 0.25) is 21.7 Å². The molecule has 0 amide bonds. The molecule has 0 spiro atoms. The zero-order chi connectivity index (χ0) is 33.4. The fourth-order valence-corrected chi connectivity index (χ4v) is 8.51. The van der Waals surface area contributed by atoms with Crippen LogP contribution >= 0.6 is 0 Å². The van der Waals surface area contributed by atoms with Crippen molar-refractivity contribution in [3.8, 4) is 17.1 Å². The molecule has 10 nitrogen and oxygen atoms in total. The second-order valence-corrected chi connectivity index (χ2v) is 15.6. The molecular weight excluding hydrogens is 627 g/mol. The average molecular weight is 674 g/mol. The number of alkyl halides is 3.